The molecule has 0 atom stereocenters. The van der Waals surface area contributed by atoms with Gasteiger partial charge in [-0.1, -0.05) is 30.3 Å². The molecule has 3 heteroatoms. The first kappa shape index (κ1) is 12.3. The van der Waals surface area contributed by atoms with Gasteiger partial charge in [0.15, 0.2) is 0 Å². The van der Waals surface area contributed by atoms with Crippen LogP contribution in [0.3, 0.4) is 0 Å². The number of aryl methyl sites for hydroxylation is 1. The molecule has 0 N–H and O–H groups in total. The maximum Gasteiger partial charge on any atom is 1.00 e. The number of hydrogen-bond acceptors (Lipinski definition) is 2. The van der Waals surface area contributed by atoms with Gasteiger partial charge in [-0.25, -0.2) is 0 Å². The van der Waals surface area contributed by atoms with Crippen molar-refractivity contribution in [3.05, 3.63) is 35.9 Å². The van der Waals surface area contributed by atoms with E-state index in [4.69, 9.17) is 0 Å². The first-order valence-electron chi connectivity index (χ1n) is 4.03. The summed E-state index contributed by atoms with van der Waals surface area (Å²) in [5, 5.41) is 10.1. The number of rotatable bonds is 4. The van der Waals surface area contributed by atoms with Crippen LogP contribution in [0.5, 0.6) is 0 Å². The zero-order chi connectivity index (χ0) is 8.81. The molecule has 64 valence electrons. The maximum atomic E-state index is 10.1. The number of hydrogen-bond donors (Lipinski definition) is 0. The molecule has 0 saturated heterocycles. The van der Waals surface area contributed by atoms with Gasteiger partial charge in [-0.15, -0.1) is 0 Å². The molecule has 0 bridgehead atoms. The van der Waals surface area contributed by atoms with Crippen LogP contribution >= 0.6 is 0 Å². The van der Waals surface area contributed by atoms with E-state index in [9.17, 15) is 9.90 Å². The average Bonchev–Trinajstić information content (AvgIpc) is 2.05. The van der Waals surface area contributed by atoms with Crippen molar-refractivity contribution in [2.75, 3.05) is 0 Å². The molecule has 0 aliphatic heterocycles. The van der Waals surface area contributed by atoms with Crippen LogP contribution in [0.15, 0.2) is 30.3 Å². The zero-order valence-corrected chi connectivity index (χ0v) is 7.82. The fourth-order valence-corrected chi connectivity index (χ4v) is 1.08. The van der Waals surface area contributed by atoms with Crippen molar-refractivity contribution in [2.45, 2.75) is 19.3 Å². The number of carboxylic acid groups (broad SMARTS) is 1. The Morgan fingerprint density at radius 1 is 1.23 bits per heavy atom. The number of carbonyl (C=O) groups excluding carboxylic acids is 1. The molecule has 0 saturated carbocycles. The Bertz CT molecular complexity index is 246. The van der Waals surface area contributed by atoms with Crippen LogP contribution in [0.4, 0.5) is 0 Å². The van der Waals surface area contributed by atoms with Gasteiger partial charge < -0.3 is 9.90 Å². The van der Waals surface area contributed by atoms with Crippen LogP contribution in [0, 0.1) is 0 Å². The third-order valence-electron chi connectivity index (χ3n) is 1.69. The smallest absolute Gasteiger partial charge is 0.550 e. The molecule has 0 unspecified atom stereocenters. The number of carboxylic acids is 1. The van der Waals surface area contributed by atoms with Crippen molar-refractivity contribution < 1.29 is 28.8 Å². The normalized spacial score (nSPS) is 8.92. The van der Waals surface area contributed by atoms with E-state index in [0.29, 0.717) is 6.42 Å². The molecule has 0 radical (unpaired) electrons. The first-order chi connectivity index (χ1) is 5.79. The molecule has 2 nitrogen and oxygen atoms in total. The summed E-state index contributed by atoms with van der Waals surface area (Å²) in [6.45, 7) is 0. The molecule has 1 aromatic carbocycles. The van der Waals surface area contributed by atoms with Gasteiger partial charge in [0, 0.05) is 5.97 Å². The molecule has 13 heavy (non-hydrogen) atoms. The van der Waals surface area contributed by atoms with Gasteiger partial charge in [0.2, 0.25) is 0 Å². The Hall–Kier alpha value is -0.713. The Morgan fingerprint density at radius 2 is 1.85 bits per heavy atom. The maximum absolute atomic E-state index is 10.1. The van der Waals surface area contributed by atoms with Crippen LogP contribution in [0.25, 0.3) is 0 Å². The van der Waals surface area contributed by atoms with Crippen LogP contribution < -0.4 is 24.0 Å². The van der Waals surface area contributed by atoms with Crippen molar-refractivity contribution in [3.8, 4) is 0 Å². The van der Waals surface area contributed by atoms with Crippen molar-refractivity contribution in [2.24, 2.45) is 0 Å². The van der Waals surface area contributed by atoms with E-state index in [2.05, 4.69) is 0 Å². The topological polar surface area (TPSA) is 40.1 Å². The zero-order valence-electron chi connectivity index (χ0n) is 7.82. The molecule has 0 heterocycles. The summed E-state index contributed by atoms with van der Waals surface area (Å²) in [7, 11) is 0. The standard InChI is InChI=1S/C10H12O2.Li/c11-10(12)8-4-7-9-5-2-1-3-6-9;/h1-3,5-6H,4,7-8H2,(H,11,12);/q;+1/p-1. The van der Waals surface area contributed by atoms with Gasteiger partial charge in [0.1, 0.15) is 0 Å². The quantitative estimate of drug-likeness (QED) is 0.479. The Balaban J connectivity index is 0.00000144. The predicted octanol–water partition coefficient (Wildman–Crippen LogP) is -2.24. The largest absolute Gasteiger partial charge is 1.00 e. The second-order valence-electron chi connectivity index (χ2n) is 2.71. The van der Waals surface area contributed by atoms with Crippen LogP contribution in [0.1, 0.15) is 18.4 Å². The molecule has 1 aromatic rings. The van der Waals surface area contributed by atoms with Gasteiger partial charge in [-0.3, -0.25) is 0 Å². The Labute approximate surface area is 90.1 Å². The molecule has 0 aromatic heterocycles. The van der Waals surface area contributed by atoms with Crippen molar-refractivity contribution in [1.82, 2.24) is 0 Å². The third kappa shape index (κ3) is 5.51. The second-order valence-corrected chi connectivity index (χ2v) is 2.71. The second kappa shape index (κ2) is 6.77. The first-order valence-corrected chi connectivity index (χ1v) is 4.03. The minimum absolute atomic E-state index is 0. The van der Waals surface area contributed by atoms with E-state index in [1.165, 1.54) is 5.56 Å². The fraction of sp³-hybridized carbons (Fsp3) is 0.300. The molecule has 0 amide bonds. The number of carbonyl (C=O) groups is 1. The van der Waals surface area contributed by atoms with Crippen molar-refractivity contribution in [1.29, 1.82) is 0 Å². The molecule has 0 aliphatic rings. The minimum Gasteiger partial charge on any atom is -0.550 e. The molecule has 0 aliphatic carbocycles. The van der Waals surface area contributed by atoms with E-state index < -0.39 is 5.97 Å². The molecular formula is C10H11LiO2. The van der Waals surface area contributed by atoms with Crippen LogP contribution in [-0.4, -0.2) is 5.97 Å². The van der Waals surface area contributed by atoms with Gasteiger partial charge in [0.05, 0.1) is 0 Å². The summed E-state index contributed by atoms with van der Waals surface area (Å²) in [5.74, 6) is -0.967. The van der Waals surface area contributed by atoms with Crippen LogP contribution in [0.2, 0.25) is 0 Å². The monoisotopic (exact) mass is 170 g/mol. The molecule has 1 rings (SSSR count). The summed E-state index contributed by atoms with van der Waals surface area (Å²) in [5.41, 5.74) is 1.18. The summed E-state index contributed by atoms with van der Waals surface area (Å²) < 4.78 is 0. The van der Waals surface area contributed by atoms with E-state index >= 15 is 0 Å². The van der Waals surface area contributed by atoms with Gasteiger partial charge in [0.25, 0.3) is 0 Å². The third-order valence-corrected chi connectivity index (χ3v) is 1.69. The molecule has 0 spiro atoms. The average molecular weight is 170 g/mol. The Kier molecular flexibility index (Phi) is 6.40. The van der Waals surface area contributed by atoms with E-state index in [1.807, 2.05) is 30.3 Å². The molecule has 0 fully saturated rings. The van der Waals surface area contributed by atoms with E-state index in [1.54, 1.807) is 0 Å². The van der Waals surface area contributed by atoms with Crippen molar-refractivity contribution >= 4 is 5.97 Å². The predicted molar refractivity (Wildman–Crippen MR) is 44.4 cm³/mol. The van der Waals surface area contributed by atoms with Gasteiger partial charge >= 0.3 is 18.9 Å². The number of benzene rings is 1. The Morgan fingerprint density at radius 3 is 2.38 bits per heavy atom. The van der Waals surface area contributed by atoms with E-state index in [-0.39, 0.29) is 25.3 Å². The summed E-state index contributed by atoms with van der Waals surface area (Å²) in [6, 6.07) is 9.84. The summed E-state index contributed by atoms with van der Waals surface area (Å²) in [4.78, 5) is 10.1. The summed E-state index contributed by atoms with van der Waals surface area (Å²) >= 11 is 0. The van der Waals surface area contributed by atoms with Crippen LogP contribution in [-0.2, 0) is 11.2 Å². The minimum atomic E-state index is -0.967. The summed E-state index contributed by atoms with van der Waals surface area (Å²) in [6.07, 6.45) is 1.62. The van der Waals surface area contributed by atoms with Gasteiger partial charge in [-0.05, 0) is 24.8 Å². The fourth-order valence-electron chi connectivity index (χ4n) is 1.08. The molecular weight excluding hydrogens is 159 g/mol. The van der Waals surface area contributed by atoms with Gasteiger partial charge in [-0.2, -0.15) is 0 Å². The van der Waals surface area contributed by atoms with E-state index in [0.717, 1.165) is 6.42 Å². The van der Waals surface area contributed by atoms with Crippen molar-refractivity contribution in [3.63, 3.8) is 0 Å². The SMILES string of the molecule is O=C([O-])CCCc1ccccc1.[Li+]. The number of aliphatic carboxylic acids is 1.